The number of unbranched alkanes of at least 4 members (excludes halogenated alkanes) is 6. The molecule has 0 atom stereocenters. The molecule has 0 unspecified atom stereocenters. The number of hydrogen-bond acceptors (Lipinski definition) is 2. The van der Waals surface area contributed by atoms with Crippen molar-refractivity contribution in [2.45, 2.75) is 51.9 Å². The molecule has 0 saturated carbocycles. The molecular formula is C34H43NO. The third kappa shape index (κ3) is 9.17. The van der Waals surface area contributed by atoms with Crippen molar-refractivity contribution in [3.05, 3.63) is 114 Å². The fourth-order valence-corrected chi connectivity index (χ4v) is 4.33. The first-order chi connectivity index (χ1) is 17.7. The van der Waals surface area contributed by atoms with Gasteiger partial charge in [0, 0.05) is 6.54 Å². The van der Waals surface area contributed by atoms with Gasteiger partial charge in [0.05, 0.1) is 0 Å². The van der Waals surface area contributed by atoms with Crippen LogP contribution in [0.2, 0.25) is 0 Å². The van der Waals surface area contributed by atoms with Crippen LogP contribution in [0.3, 0.4) is 0 Å². The van der Waals surface area contributed by atoms with Gasteiger partial charge >= 0.3 is 0 Å². The Hall–Kier alpha value is -3.10. The summed E-state index contributed by atoms with van der Waals surface area (Å²) in [7, 11) is 4.13. The Morgan fingerprint density at radius 3 is 1.92 bits per heavy atom. The fraction of sp³-hybridized carbons (Fsp3) is 0.353. The van der Waals surface area contributed by atoms with Gasteiger partial charge in [-0.25, -0.2) is 0 Å². The molecule has 0 aromatic heterocycles. The highest BCUT2D eigenvalue weighted by Crippen LogP contribution is 2.34. The van der Waals surface area contributed by atoms with Crippen LogP contribution in [0.5, 0.6) is 5.75 Å². The van der Waals surface area contributed by atoms with Gasteiger partial charge in [-0.1, -0.05) is 124 Å². The van der Waals surface area contributed by atoms with Gasteiger partial charge in [-0.2, -0.15) is 0 Å². The summed E-state index contributed by atoms with van der Waals surface area (Å²) in [5.74, 6) is 0.910. The zero-order valence-electron chi connectivity index (χ0n) is 22.5. The van der Waals surface area contributed by atoms with E-state index in [1.165, 1.54) is 66.4 Å². The van der Waals surface area contributed by atoms with E-state index in [0.29, 0.717) is 6.61 Å². The maximum Gasteiger partial charge on any atom is 0.119 e. The van der Waals surface area contributed by atoms with Gasteiger partial charge in [0.25, 0.3) is 0 Å². The van der Waals surface area contributed by atoms with E-state index in [1.807, 2.05) is 0 Å². The van der Waals surface area contributed by atoms with Gasteiger partial charge in [-0.3, -0.25) is 0 Å². The van der Waals surface area contributed by atoms with Gasteiger partial charge in [-0.05, 0) is 66.9 Å². The van der Waals surface area contributed by atoms with E-state index in [4.69, 9.17) is 4.74 Å². The van der Waals surface area contributed by atoms with Crippen molar-refractivity contribution < 1.29 is 4.74 Å². The Morgan fingerprint density at radius 1 is 0.694 bits per heavy atom. The second-order valence-corrected chi connectivity index (χ2v) is 9.66. The normalized spacial score (nSPS) is 12.2. The van der Waals surface area contributed by atoms with E-state index in [-0.39, 0.29) is 0 Å². The molecule has 0 bridgehead atoms. The van der Waals surface area contributed by atoms with Crippen LogP contribution in [-0.4, -0.2) is 32.1 Å². The highest BCUT2D eigenvalue weighted by molar-refractivity contribution is 6.02. The highest BCUT2D eigenvalue weighted by Gasteiger charge is 2.12. The average Bonchev–Trinajstić information content (AvgIpc) is 2.91. The van der Waals surface area contributed by atoms with Gasteiger partial charge in [-0.15, -0.1) is 0 Å². The topological polar surface area (TPSA) is 12.5 Å². The van der Waals surface area contributed by atoms with Crippen molar-refractivity contribution in [3.8, 4) is 5.75 Å². The smallest absolute Gasteiger partial charge is 0.119 e. The number of hydrogen-bond donors (Lipinski definition) is 0. The summed E-state index contributed by atoms with van der Waals surface area (Å²) >= 11 is 0. The van der Waals surface area contributed by atoms with Gasteiger partial charge in [0.2, 0.25) is 0 Å². The largest absolute Gasteiger partial charge is 0.492 e. The number of ether oxygens (including phenoxy) is 1. The standard InChI is InChI=1S/C34H43NO/c1-4-5-6-7-8-9-10-17-22-33(29-18-13-11-14-19-29)34(30-20-15-12-16-21-30)31-23-25-32(26-24-31)36-28-27-35(2)3/h11-26H,4-10,27-28H2,1-3H3/b22-17-,34-33-. The molecule has 3 aromatic carbocycles. The molecule has 0 fully saturated rings. The van der Waals surface area contributed by atoms with E-state index >= 15 is 0 Å². The third-order valence-electron chi connectivity index (χ3n) is 6.38. The Labute approximate surface area is 219 Å². The molecule has 0 aliphatic heterocycles. The lowest BCUT2D eigenvalue weighted by Gasteiger charge is -2.16. The van der Waals surface area contributed by atoms with Crippen LogP contribution >= 0.6 is 0 Å². The van der Waals surface area contributed by atoms with Crippen molar-refractivity contribution in [1.29, 1.82) is 0 Å². The summed E-state index contributed by atoms with van der Waals surface area (Å²) < 4.78 is 5.96. The molecule has 2 heteroatoms. The molecular weight excluding hydrogens is 438 g/mol. The fourth-order valence-electron chi connectivity index (χ4n) is 4.33. The minimum absolute atomic E-state index is 0.685. The molecule has 3 aromatic rings. The van der Waals surface area contributed by atoms with Gasteiger partial charge in [0.1, 0.15) is 12.4 Å². The van der Waals surface area contributed by atoms with Crippen LogP contribution in [0.25, 0.3) is 11.1 Å². The summed E-state index contributed by atoms with van der Waals surface area (Å²) in [6.07, 6.45) is 13.8. The lowest BCUT2D eigenvalue weighted by Crippen LogP contribution is -2.19. The molecule has 0 saturated heterocycles. The van der Waals surface area contributed by atoms with E-state index in [9.17, 15) is 0 Å². The maximum atomic E-state index is 5.96. The monoisotopic (exact) mass is 481 g/mol. The molecule has 0 N–H and O–H groups in total. The summed E-state index contributed by atoms with van der Waals surface area (Å²) in [6.45, 7) is 3.86. The van der Waals surface area contributed by atoms with Crippen molar-refractivity contribution in [1.82, 2.24) is 4.90 Å². The van der Waals surface area contributed by atoms with E-state index in [2.05, 4.69) is 123 Å². The first kappa shape index (κ1) is 27.5. The first-order valence-electron chi connectivity index (χ1n) is 13.6. The van der Waals surface area contributed by atoms with Crippen LogP contribution in [0.1, 0.15) is 68.6 Å². The molecule has 0 spiro atoms. The SMILES string of the molecule is CCCCCCCC/C=C\C(=C(/c1ccccc1)c1ccc(OCCN(C)C)cc1)c1ccccc1. The summed E-state index contributed by atoms with van der Waals surface area (Å²) in [5.41, 5.74) is 6.17. The predicted octanol–water partition coefficient (Wildman–Crippen LogP) is 8.89. The van der Waals surface area contributed by atoms with Crippen LogP contribution in [0.15, 0.2) is 97.1 Å². The van der Waals surface area contributed by atoms with E-state index in [1.54, 1.807) is 0 Å². The average molecular weight is 482 g/mol. The zero-order valence-corrected chi connectivity index (χ0v) is 22.5. The van der Waals surface area contributed by atoms with Crippen LogP contribution in [-0.2, 0) is 0 Å². The number of benzene rings is 3. The van der Waals surface area contributed by atoms with Crippen LogP contribution in [0.4, 0.5) is 0 Å². The maximum absolute atomic E-state index is 5.96. The number of rotatable bonds is 15. The van der Waals surface area contributed by atoms with Crippen molar-refractivity contribution in [2.24, 2.45) is 0 Å². The van der Waals surface area contributed by atoms with E-state index < -0.39 is 0 Å². The molecule has 190 valence electrons. The second-order valence-electron chi connectivity index (χ2n) is 9.66. The van der Waals surface area contributed by atoms with Gasteiger partial charge < -0.3 is 9.64 Å². The minimum Gasteiger partial charge on any atom is -0.492 e. The molecule has 0 radical (unpaired) electrons. The molecule has 0 amide bonds. The van der Waals surface area contributed by atoms with Gasteiger partial charge in [0.15, 0.2) is 0 Å². The minimum atomic E-state index is 0.685. The quantitative estimate of drug-likeness (QED) is 0.122. The first-order valence-corrected chi connectivity index (χ1v) is 13.6. The van der Waals surface area contributed by atoms with Crippen molar-refractivity contribution >= 4 is 11.1 Å². The van der Waals surface area contributed by atoms with Crippen molar-refractivity contribution in [2.75, 3.05) is 27.2 Å². The second kappa shape index (κ2) is 15.8. The van der Waals surface area contributed by atoms with E-state index in [0.717, 1.165) is 18.7 Å². The third-order valence-corrected chi connectivity index (χ3v) is 6.38. The lowest BCUT2D eigenvalue weighted by molar-refractivity contribution is 0.261. The summed E-state index contributed by atoms with van der Waals surface area (Å²) in [5, 5.41) is 0. The molecule has 0 aliphatic rings. The number of likely N-dealkylation sites (N-methyl/N-ethyl adjacent to an activating group) is 1. The Kier molecular flexibility index (Phi) is 12.1. The Morgan fingerprint density at radius 2 is 1.28 bits per heavy atom. The molecule has 36 heavy (non-hydrogen) atoms. The predicted molar refractivity (Wildman–Crippen MR) is 156 cm³/mol. The van der Waals surface area contributed by atoms with Crippen LogP contribution < -0.4 is 4.74 Å². The Balaban J connectivity index is 1.91. The highest BCUT2D eigenvalue weighted by atomic mass is 16.5. The number of allylic oxidation sites excluding steroid dienone is 3. The van der Waals surface area contributed by atoms with Crippen LogP contribution in [0, 0.1) is 0 Å². The van der Waals surface area contributed by atoms with Crippen molar-refractivity contribution in [3.63, 3.8) is 0 Å². The summed E-state index contributed by atoms with van der Waals surface area (Å²) in [6, 6.07) is 30.1. The lowest BCUT2D eigenvalue weighted by atomic mass is 9.89. The molecule has 3 rings (SSSR count). The number of nitrogens with zero attached hydrogens (tertiary/aromatic N) is 1. The molecule has 2 nitrogen and oxygen atoms in total. The summed E-state index contributed by atoms with van der Waals surface area (Å²) in [4.78, 5) is 2.13. The molecule has 0 aliphatic carbocycles. The zero-order chi connectivity index (χ0) is 25.4. The Bertz CT molecular complexity index is 1050. The molecule has 0 heterocycles.